The van der Waals surface area contributed by atoms with Gasteiger partial charge in [0.2, 0.25) is 0 Å². The highest BCUT2D eigenvalue weighted by atomic mass is 16.4. The van der Waals surface area contributed by atoms with Crippen molar-refractivity contribution in [1.29, 1.82) is 0 Å². The quantitative estimate of drug-likeness (QED) is 0.884. The minimum atomic E-state index is -0.682. The Morgan fingerprint density at radius 2 is 1.89 bits per heavy atom. The summed E-state index contributed by atoms with van der Waals surface area (Å²) < 4.78 is 1.96. The van der Waals surface area contributed by atoms with Crippen molar-refractivity contribution in [1.82, 2.24) is 14.7 Å². The minimum Gasteiger partial charge on any atom is -0.481 e. The van der Waals surface area contributed by atoms with Crippen LogP contribution in [0.5, 0.6) is 0 Å². The summed E-state index contributed by atoms with van der Waals surface area (Å²) in [5, 5.41) is 14.3. The van der Waals surface area contributed by atoms with Gasteiger partial charge in [-0.1, -0.05) is 45.4 Å². The number of carboxylic acid groups (broad SMARTS) is 1. The lowest BCUT2D eigenvalue weighted by atomic mass is 9.88. The molecular formula is C22H31N3O2. The Morgan fingerprint density at radius 1 is 1.22 bits per heavy atom. The molecule has 2 heterocycles. The van der Waals surface area contributed by atoms with Gasteiger partial charge < -0.3 is 5.11 Å². The van der Waals surface area contributed by atoms with E-state index >= 15 is 0 Å². The van der Waals surface area contributed by atoms with Crippen LogP contribution in [0.4, 0.5) is 0 Å². The van der Waals surface area contributed by atoms with Crippen molar-refractivity contribution < 1.29 is 9.90 Å². The summed E-state index contributed by atoms with van der Waals surface area (Å²) in [6.45, 7) is 13.0. The van der Waals surface area contributed by atoms with E-state index in [4.69, 9.17) is 5.10 Å². The molecule has 27 heavy (non-hydrogen) atoms. The Kier molecular flexibility index (Phi) is 5.43. The smallest absolute Gasteiger partial charge is 0.307 e. The first kappa shape index (κ1) is 19.6. The first-order valence-corrected chi connectivity index (χ1v) is 9.74. The Morgan fingerprint density at radius 3 is 2.48 bits per heavy atom. The van der Waals surface area contributed by atoms with Crippen LogP contribution in [0.15, 0.2) is 30.5 Å². The second kappa shape index (κ2) is 7.47. The standard InChI is InChI=1S/C22H31N3O2/c1-15-6-8-19(9-7-15)25-14-18(20(23-25)22(3,4)5)13-24-11-16(2)10-17(12-24)21(26)27/h6-9,14,16-17H,10-13H2,1-5H3,(H,26,27). The van der Waals surface area contributed by atoms with E-state index in [0.717, 1.165) is 30.9 Å². The second-order valence-electron chi connectivity index (χ2n) is 9.10. The van der Waals surface area contributed by atoms with Gasteiger partial charge in [-0.3, -0.25) is 9.69 Å². The van der Waals surface area contributed by atoms with Gasteiger partial charge in [-0.25, -0.2) is 4.68 Å². The zero-order valence-corrected chi connectivity index (χ0v) is 17.1. The lowest BCUT2D eigenvalue weighted by Gasteiger charge is -2.35. The first-order chi connectivity index (χ1) is 12.6. The normalized spacial score (nSPS) is 21.4. The number of likely N-dealkylation sites (tertiary alicyclic amines) is 1. The number of piperidine rings is 1. The molecule has 1 aliphatic heterocycles. The number of rotatable bonds is 4. The lowest BCUT2D eigenvalue weighted by molar-refractivity contribution is -0.144. The first-order valence-electron chi connectivity index (χ1n) is 9.74. The summed E-state index contributed by atoms with van der Waals surface area (Å²) in [4.78, 5) is 13.8. The van der Waals surface area contributed by atoms with Crippen LogP contribution in [-0.2, 0) is 16.8 Å². The summed E-state index contributed by atoms with van der Waals surface area (Å²) in [6.07, 6.45) is 2.88. The van der Waals surface area contributed by atoms with E-state index in [0.29, 0.717) is 12.5 Å². The van der Waals surface area contributed by atoms with Crippen molar-refractivity contribution in [3.05, 3.63) is 47.3 Å². The molecule has 1 N–H and O–H groups in total. The van der Waals surface area contributed by atoms with Crippen molar-refractivity contribution in [3.63, 3.8) is 0 Å². The summed E-state index contributed by atoms with van der Waals surface area (Å²) in [6, 6.07) is 8.36. The van der Waals surface area contributed by atoms with Crippen LogP contribution >= 0.6 is 0 Å². The van der Waals surface area contributed by atoms with Crippen LogP contribution in [-0.4, -0.2) is 38.8 Å². The number of carbonyl (C=O) groups is 1. The van der Waals surface area contributed by atoms with E-state index in [2.05, 4.69) is 70.0 Å². The molecule has 2 unspecified atom stereocenters. The van der Waals surface area contributed by atoms with Crippen LogP contribution < -0.4 is 0 Å². The van der Waals surface area contributed by atoms with E-state index in [9.17, 15) is 9.90 Å². The SMILES string of the molecule is Cc1ccc(-n2cc(CN3CC(C)CC(C(=O)O)C3)c(C(C)(C)C)n2)cc1. The highest BCUT2D eigenvalue weighted by molar-refractivity contribution is 5.70. The highest BCUT2D eigenvalue weighted by Crippen LogP contribution is 2.29. The van der Waals surface area contributed by atoms with Crippen LogP contribution in [0.25, 0.3) is 5.69 Å². The van der Waals surface area contributed by atoms with Gasteiger partial charge in [-0.05, 0) is 31.4 Å². The number of aryl methyl sites for hydroxylation is 1. The number of nitrogens with zero attached hydrogens (tertiary/aromatic N) is 3. The van der Waals surface area contributed by atoms with Crippen molar-refractivity contribution in [2.45, 2.75) is 53.0 Å². The van der Waals surface area contributed by atoms with E-state index in [1.165, 1.54) is 11.1 Å². The fourth-order valence-electron chi connectivity index (χ4n) is 4.00. The third-order valence-corrected chi connectivity index (χ3v) is 5.28. The minimum absolute atomic E-state index is 0.0706. The third kappa shape index (κ3) is 4.59. The number of benzene rings is 1. The largest absolute Gasteiger partial charge is 0.481 e. The van der Waals surface area contributed by atoms with Crippen LogP contribution in [0.3, 0.4) is 0 Å². The average Bonchev–Trinajstić information content (AvgIpc) is 2.99. The maximum atomic E-state index is 11.5. The topological polar surface area (TPSA) is 58.4 Å². The fourth-order valence-corrected chi connectivity index (χ4v) is 4.00. The summed E-state index contributed by atoms with van der Waals surface area (Å²) in [7, 11) is 0. The number of carboxylic acids is 1. The molecule has 0 saturated carbocycles. The molecule has 1 aromatic carbocycles. The van der Waals surface area contributed by atoms with Gasteiger partial charge >= 0.3 is 5.97 Å². The van der Waals surface area contributed by atoms with Gasteiger partial charge in [0.25, 0.3) is 0 Å². The molecule has 0 bridgehead atoms. The fraction of sp³-hybridized carbons (Fsp3) is 0.545. The zero-order valence-electron chi connectivity index (χ0n) is 17.1. The molecule has 1 aliphatic rings. The van der Waals surface area contributed by atoms with Gasteiger partial charge in [0, 0.05) is 36.8 Å². The van der Waals surface area contributed by atoms with Gasteiger partial charge in [0.05, 0.1) is 17.3 Å². The maximum Gasteiger partial charge on any atom is 0.307 e. The summed E-state index contributed by atoms with van der Waals surface area (Å²) >= 11 is 0. The molecule has 2 atom stereocenters. The van der Waals surface area contributed by atoms with E-state index < -0.39 is 5.97 Å². The van der Waals surface area contributed by atoms with Crippen LogP contribution in [0, 0.1) is 18.8 Å². The maximum absolute atomic E-state index is 11.5. The van der Waals surface area contributed by atoms with Gasteiger partial charge in [-0.15, -0.1) is 0 Å². The Hall–Kier alpha value is -2.14. The molecule has 1 fully saturated rings. The summed E-state index contributed by atoms with van der Waals surface area (Å²) in [5.74, 6) is -0.568. The highest BCUT2D eigenvalue weighted by Gasteiger charge is 2.31. The van der Waals surface area contributed by atoms with Crippen molar-refractivity contribution in [3.8, 4) is 5.69 Å². The van der Waals surface area contributed by atoms with Crippen molar-refractivity contribution in [2.75, 3.05) is 13.1 Å². The van der Waals surface area contributed by atoms with Gasteiger partial charge in [-0.2, -0.15) is 5.10 Å². The van der Waals surface area contributed by atoms with E-state index in [1.54, 1.807) is 0 Å². The Labute approximate surface area is 162 Å². The van der Waals surface area contributed by atoms with Crippen LogP contribution in [0.1, 0.15) is 50.9 Å². The molecule has 0 aliphatic carbocycles. The number of aliphatic carboxylic acids is 1. The second-order valence-corrected chi connectivity index (χ2v) is 9.10. The summed E-state index contributed by atoms with van der Waals surface area (Å²) in [5.41, 5.74) is 4.46. The molecule has 2 aromatic rings. The molecule has 1 aromatic heterocycles. The van der Waals surface area contributed by atoms with E-state index in [-0.39, 0.29) is 11.3 Å². The van der Waals surface area contributed by atoms with Crippen molar-refractivity contribution >= 4 is 5.97 Å². The van der Waals surface area contributed by atoms with E-state index in [1.807, 2.05) is 4.68 Å². The van der Waals surface area contributed by atoms with Crippen molar-refractivity contribution in [2.24, 2.45) is 11.8 Å². The zero-order chi connectivity index (χ0) is 19.8. The van der Waals surface area contributed by atoms with Crippen LogP contribution in [0.2, 0.25) is 0 Å². The molecule has 1 saturated heterocycles. The Bertz CT molecular complexity index is 802. The average molecular weight is 370 g/mol. The molecule has 0 spiro atoms. The number of hydrogen-bond acceptors (Lipinski definition) is 3. The lowest BCUT2D eigenvalue weighted by Crippen LogP contribution is -2.42. The molecule has 5 heteroatoms. The molecule has 3 rings (SSSR count). The van der Waals surface area contributed by atoms with Gasteiger partial charge in [0.1, 0.15) is 0 Å². The Balaban J connectivity index is 1.89. The molecule has 146 valence electrons. The molecule has 5 nitrogen and oxygen atoms in total. The number of hydrogen-bond donors (Lipinski definition) is 1. The molecular weight excluding hydrogens is 338 g/mol. The monoisotopic (exact) mass is 369 g/mol. The molecule has 0 radical (unpaired) electrons. The predicted octanol–water partition coefficient (Wildman–Crippen LogP) is 4.02. The molecule has 0 amide bonds. The van der Waals surface area contributed by atoms with Gasteiger partial charge in [0.15, 0.2) is 0 Å². The third-order valence-electron chi connectivity index (χ3n) is 5.28. The number of aromatic nitrogens is 2. The predicted molar refractivity (Wildman–Crippen MR) is 107 cm³/mol.